The lowest BCUT2D eigenvalue weighted by Crippen LogP contribution is -2.11. The van der Waals surface area contributed by atoms with Gasteiger partial charge < -0.3 is 4.74 Å². The van der Waals surface area contributed by atoms with Crippen LogP contribution in [-0.2, 0) is 9.53 Å². The molecule has 2 nitrogen and oxygen atoms in total. The second-order valence-electron chi connectivity index (χ2n) is 8.75. The Morgan fingerprint density at radius 1 is 0.724 bits per heavy atom. The molecule has 0 fully saturated rings. The van der Waals surface area contributed by atoms with E-state index >= 15 is 0 Å². The van der Waals surface area contributed by atoms with Gasteiger partial charge in [-0.3, -0.25) is 0 Å². The van der Waals surface area contributed by atoms with Crippen LogP contribution in [0.15, 0.2) is 12.2 Å². The molecular weight excluding hydrogens is 419 g/mol. The van der Waals surface area contributed by atoms with E-state index in [-0.39, 0.29) is 5.97 Å². The second-order valence-corrected chi connectivity index (χ2v) is 13.6. The van der Waals surface area contributed by atoms with E-state index in [1.165, 1.54) is 96.3 Å². The lowest BCUT2D eigenvalue weighted by atomic mass is 10.0. The van der Waals surface area contributed by atoms with Crippen LogP contribution in [0.1, 0.15) is 122 Å². The summed E-state index contributed by atoms with van der Waals surface area (Å²) in [6.07, 6.45) is 23.3. The van der Waals surface area contributed by atoms with Crippen molar-refractivity contribution in [1.29, 1.82) is 0 Å². The number of carbonyl (C=O) groups excluding carboxylic acids is 1. The highest BCUT2D eigenvalue weighted by Crippen LogP contribution is 2.24. The Kier molecular flexibility index (Phi) is 19.9. The van der Waals surface area contributed by atoms with Crippen molar-refractivity contribution in [3.63, 3.8) is 0 Å². The molecular formula is C24H46Cl2O2Si. The molecule has 0 bridgehead atoms. The van der Waals surface area contributed by atoms with E-state index in [9.17, 15) is 4.79 Å². The Labute approximate surface area is 193 Å². The molecule has 0 amide bonds. The van der Waals surface area contributed by atoms with Crippen LogP contribution in [0.25, 0.3) is 0 Å². The Morgan fingerprint density at radius 3 is 1.34 bits per heavy atom. The van der Waals surface area contributed by atoms with Crippen LogP contribution in [0.5, 0.6) is 0 Å². The third-order valence-electron chi connectivity index (χ3n) is 5.34. The first-order valence-electron chi connectivity index (χ1n) is 12.0. The van der Waals surface area contributed by atoms with Crippen molar-refractivity contribution in [3.05, 3.63) is 12.2 Å². The molecule has 0 saturated carbocycles. The molecule has 0 rings (SSSR count). The van der Waals surface area contributed by atoms with Crippen molar-refractivity contribution >= 4 is 39.4 Å². The van der Waals surface area contributed by atoms with Gasteiger partial charge in [-0.05, 0) is 19.8 Å². The number of alkyl halides is 2. The fourth-order valence-corrected chi connectivity index (χ4v) is 4.10. The SMILES string of the molecule is C=C(C)C(=O)OCCCCCCCCCCCCCCCCCCCC([SiH3])(Cl)Cl. The molecule has 0 aromatic heterocycles. The van der Waals surface area contributed by atoms with Crippen LogP contribution in [0.3, 0.4) is 0 Å². The maximum Gasteiger partial charge on any atom is 0.333 e. The molecule has 0 aliphatic heterocycles. The summed E-state index contributed by atoms with van der Waals surface area (Å²) in [5, 5.41) is 0. The standard InChI is InChI=1S/C24H46Cl2O2Si/c1-22(2)23(27)28-21-19-17-15-13-11-9-7-5-3-4-6-8-10-12-14-16-18-20-24(25,26)29/h1,3-21H2,2,29H3. The molecule has 0 unspecified atom stereocenters. The molecule has 0 spiro atoms. The van der Waals surface area contributed by atoms with Crippen molar-refractivity contribution in [1.82, 2.24) is 0 Å². The number of carbonyl (C=O) groups is 1. The fraction of sp³-hybridized carbons (Fsp3) is 0.875. The molecule has 0 heterocycles. The minimum absolute atomic E-state index is 0.260. The lowest BCUT2D eigenvalue weighted by molar-refractivity contribution is -0.139. The Hall–Kier alpha value is 0.00688. The number of hydrogen-bond donors (Lipinski definition) is 0. The van der Waals surface area contributed by atoms with Gasteiger partial charge in [0.2, 0.25) is 0 Å². The zero-order valence-corrected chi connectivity index (χ0v) is 22.7. The van der Waals surface area contributed by atoms with Gasteiger partial charge in [-0.25, -0.2) is 4.79 Å². The first-order chi connectivity index (χ1) is 13.8. The summed E-state index contributed by atoms with van der Waals surface area (Å²) in [7, 11) is 0.863. The number of halogens is 2. The van der Waals surface area contributed by atoms with Gasteiger partial charge in [0.1, 0.15) is 0 Å². The number of unbranched alkanes of at least 4 members (excludes halogenated alkanes) is 16. The quantitative estimate of drug-likeness (QED) is 0.0573. The maximum absolute atomic E-state index is 11.2. The average Bonchev–Trinajstić information content (AvgIpc) is 2.65. The molecule has 0 saturated heterocycles. The van der Waals surface area contributed by atoms with E-state index in [1.807, 2.05) is 0 Å². The summed E-state index contributed by atoms with van der Waals surface area (Å²) in [6, 6.07) is 0. The van der Waals surface area contributed by atoms with Crippen molar-refractivity contribution in [2.45, 2.75) is 126 Å². The van der Waals surface area contributed by atoms with E-state index in [4.69, 9.17) is 27.9 Å². The average molecular weight is 466 g/mol. The topological polar surface area (TPSA) is 26.3 Å². The molecule has 0 aliphatic carbocycles. The predicted octanol–water partition coefficient (Wildman–Crippen LogP) is 7.62. The Bertz CT molecular complexity index is 408. The van der Waals surface area contributed by atoms with Gasteiger partial charge in [-0.1, -0.05) is 109 Å². The highest BCUT2D eigenvalue weighted by molar-refractivity contribution is 6.65. The van der Waals surface area contributed by atoms with Gasteiger partial charge in [-0.2, -0.15) is 0 Å². The molecule has 0 aliphatic rings. The third kappa shape index (κ3) is 24.1. The summed E-state index contributed by atoms with van der Waals surface area (Å²) in [6.45, 7) is 5.81. The van der Waals surface area contributed by atoms with E-state index in [0.29, 0.717) is 12.2 Å². The Morgan fingerprint density at radius 2 is 1.03 bits per heavy atom. The van der Waals surface area contributed by atoms with E-state index in [0.717, 1.165) is 29.5 Å². The van der Waals surface area contributed by atoms with Gasteiger partial charge in [0, 0.05) is 15.8 Å². The minimum Gasteiger partial charge on any atom is -0.462 e. The summed E-state index contributed by atoms with van der Waals surface area (Å²) in [5.41, 5.74) is 0.486. The van der Waals surface area contributed by atoms with Gasteiger partial charge in [0.15, 0.2) is 0 Å². The van der Waals surface area contributed by atoms with Crippen molar-refractivity contribution in [2.24, 2.45) is 0 Å². The van der Waals surface area contributed by atoms with E-state index in [2.05, 4.69) is 6.58 Å². The normalized spacial score (nSPS) is 11.7. The molecule has 0 atom stereocenters. The van der Waals surface area contributed by atoms with Crippen LogP contribution in [0.2, 0.25) is 0 Å². The highest BCUT2D eigenvalue weighted by Gasteiger charge is 2.14. The zero-order chi connectivity index (χ0) is 21.8. The largest absolute Gasteiger partial charge is 0.462 e. The summed E-state index contributed by atoms with van der Waals surface area (Å²) in [4.78, 5) is 11.2. The molecule has 172 valence electrons. The number of rotatable bonds is 21. The molecule has 0 aromatic carbocycles. The third-order valence-corrected chi connectivity index (χ3v) is 6.22. The van der Waals surface area contributed by atoms with Crippen LogP contribution in [0, 0.1) is 0 Å². The second kappa shape index (κ2) is 19.9. The smallest absolute Gasteiger partial charge is 0.333 e. The first kappa shape index (κ1) is 29.0. The monoisotopic (exact) mass is 464 g/mol. The summed E-state index contributed by atoms with van der Waals surface area (Å²) >= 11 is 12.1. The van der Waals surface area contributed by atoms with Crippen molar-refractivity contribution in [3.8, 4) is 0 Å². The fourth-order valence-electron chi connectivity index (χ4n) is 3.48. The van der Waals surface area contributed by atoms with Gasteiger partial charge in [-0.15, -0.1) is 23.2 Å². The van der Waals surface area contributed by atoms with Crippen LogP contribution >= 0.6 is 23.2 Å². The van der Waals surface area contributed by atoms with Gasteiger partial charge >= 0.3 is 5.97 Å². The molecule has 0 aromatic rings. The van der Waals surface area contributed by atoms with E-state index < -0.39 is 3.96 Å². The van der Waals surface area contributed by atoms with Crippen molar-refractivity contribution in [2.75, 3.05) is 6.61 Å². The number of ether oxygens (including phenoxy) is 1. The zero-order valence-electron chi connectivity index (χ0n) is 19.2. The minimum atomic E-state index is -0.400. The lowest BCUT2D eigenvalue weighted by Gasteiger charge is -2.12. The Balaban J connectivity index is 3.10. The molecule has 29 heavy (non-hydrogen) atoms. The maximum atomic E-state index is 11.2. The van der Waals surface area contributed by atoms with Crippen LogP contribution in [-0.4, -0.2) is 26.8 Å². The molecule has 0 radical (unpaired) electrons. The summed E-state index contributed by atoms with van der Waals surface area (Å²) in [5.74, 6) is -0.260. The van der Waals surface area contributed by atoms with Gasteiger partial charge in [0.05, 0.1) is 10.6 Å². The molecule has 0 N–H and O–H groups in total. The highest BCUT2D eigenvalue weighted by atomic mass is 35.5. The first-order valence-corrected chi connectivity index (χ1v) is 13.8. The van der Waals surface area contributed by atoms with E-state index in [1.54, 1.807) is 6.92 Å². The number of esters is 1. The van der Waals surface area contributed by atoms with Crippen molar-refractivity contribution < 1.29 is 9.53 Å². The molecule has 5 heteroatoms. The van der Waals surface area contributed by atoms with Gasteiger partial charge in [0.25, 0.3) is 0 Å². The van der Waals surface area contributed by atoms with Crippen LogP contribution < -0.4 is 0 Å². The predicted molar refractivity (Wildman–Crippen MR) is 133 cm³/mol. The number of hydrogen-bond acceptors (Lipinski definition) is 2. The van der Waals surface area contributed by atoms with Crippen LogP contribution in [0.4, 0.5) is 0 Å². The summed E-state index contributed by atoms with van der Waals surface area (Å²) < 4.78 is 4.70.